The van der Waals surface area contributed by atoms with Gasteiger partial charge >= 0.3 is 0 Å². The first kappa shape index (κ1) is 21.1. The number of hydrogen-bond acceptors (Lipinski definition) is 3. The molecule has 5 rings (SSSR count). The summed E-state index contributed by atoms with van der Waals surface area (Å²) in [6.07, 6.45) is 0.726. The molecule has 0 bridgehead atoms. The minimum atomic E-state index is 0.726. The van der Waals surface area contributed by atoms with Gasteiger partial charge in [0.15, 0.2) is 6.67 Å². The van der Waals surface area contributed by atoms with Gasteiger partial charge in [-0.25, -0.2) is 0 Å². The Morgan fingerprint density at radius 1 is 1.00 bits per heavy atom. The summed E-state index contributed by atoms with van der Waals surface area (Å²) in [4.78, 5) is 1.45. The summed E-state index contributed by atoms with van der Waals surface area (Å²) in [5.74, 6) is 0.978. The number of benzene rings is 3. The van der Waals surface area contributed by atoms with Crippen molar-refractivity contribution < 1.29 is 9.64 Å². The molecule has 164 valence electrons. The maximum atomic E-state index is 5.99. The molecule has 1 saturated heterocycles. The summed E-state index contributed by atoms with van der Waals surface area (Å²) in [6, 6.07) is 21.6. The van der Waals surface area contributed by atoms with E-state index in [9.17, 15) is 0 Å². The highest BCUT2D eigenvalue weighted by molar-refractivity contribution is 7.71. The van der Waals surface area contributed by atoms with Gasteiger partial charge < -0.3 is 9.64 Å². The second-order valence-electron chi connectivity index (χ2n) is 8.66. The zero-order valence-corrected chi connectivity index (χ0v) is 19.5. The molecular formula is C26H29N4OS+. The second kappa shape index (κ2) is 8.98. The maximum Gasteiger partial charge on any atom is 0.207 e. The quantitative estimate of drug-likeness (QED) is 0.477. The molecule has 1 aliphatic rings. The molecule has 1 aromatic heterocycles. The molecule has 3 aromatic carbocycles. The third-order valence-electron chi connectivity index (χ3n) is 6.30. The fourth-order valence-corrected chi connectivity index (χ4v) is 4.92. The highest BCUT2D eigenvalue weighted by Crippen LogP contribution is 2.24. The zero-order valence-electron chi connectivity index (χ0n) is 18.7. The highest BCUT2D eigenvalue weighted by Gasteiger charge is 2.20. The Kier molecular flexibility index (Phi) is 5.91. The van der Waals surface area contributed by atoms with E-state index in [1.807, 2.05) is 4.68 Å². The molecule has 1 fully saturated rings. The number of morpholine rings is 1. The molecule has 0 spiro atoms. The van der Waals surface area contributed by atoms with E-state index in [2.05, 4.69) is 79.1 Å². The summed E-state index contributed by atoms with van der Waals surface area (Å²) in [7, 11) is 0. The molecule has 6 heteroatoms. The molecular weight excluding hydrogens is 416 g/mol. The molecule has 0 aliphatic carbocycles. The molecule has 5 nitrogen and oxygen atoms in total. The lowest BCUT2D eigenvalue weighted by molar-refractivity contribution is -0.930. The van der Waals surface area contributed by atoms with Crippen LogP contribution < -0.4 is 4.90 Å². The first-order valence-electron chi connectivity index (χ1n) is 11.2. The topological polar surface area (TPSA) is 36.4 Å². The number of nitrogens with one attached hydrogen (secondary N) is 1. The smallest absolute Gasteiger partial charge is 0.207 e. The lowest BCUT2D eigenvalue weighted by Crippen LogP contribution is -3.13. The van der Waals surface area contributed by atoms with E-state index in [1.54, 1.807) is 0 Å². The zero-order chi connectivity index (χ0) is 22.1. The van der Waals surface area contributed by atoms with Crippen molar-refractivity contribution in [1.82, 2.24) is 14.3 Å². The van der Waals surface area contributed by atoms with E-state index in [4.69, 9.17) is 22.1 Å². The van der Waals surface area contributed by atoms with Crippen LogP contribution in [0.1, 0.15) is 22.5 Å². The van der Waals surface area contributed by atoms with Crippen molar-refractivity contribution in [3.05, 3.63) is 87.9 Å². The van der Waals surface area contributed by atoms with Gasteiger partial charge in [0.2, 0.25) is 4.77 Å². The first-order chi connectivity index (χ1) is 15.6. The number of fused-ring (bicyclic) bond motifs is 1. The largest absolute Gasteiger partial charge is 0.370 e. The van der Waals surface area contributed by atoms with Crippen LogP contribution in [0.5, 0.6) is 0 Å². The van der Waals surface area contributed by atoms with Crippen LogP contribution in [0.3, 0.4) is 0 Å². The summed E-state index contributed by atoms with van der Waals surface area (Å²) in [6.45, 7) is 8.59. The van der Waals surface area contributed by atoms with Crippen LogP contribution in [0.15, 0.2) is 60.7 Å². The average Bonchev–Trinajstić information content (AvgIpc) is 3.09. The van der Waals surface area contributed by atoms with Crippen LogP contribution in [-0.2, 0) is 17.8 Å². The molecule has 1 aliphatic heterocycles. The van der Waals surface area contributed by atoms with E-state index >= 15 is 0 Å². The first-order valence-corrected chi connectivity index (χ1v) is 11.7. The average molecular weight is 446 g/mol. The molecule has 1 N–H and O–H groups in total. The molecule has 0 unspecified atom stereocenters. The molecule has 32 heavy (non-hydrogen) atoms. The Morgan fingerprint density at radius 2 is 1.78 bits per heavy atom. The van der Waals surface area contributed by atoms with Gasteiger partial charge in [0.1, 0.15) is 18.9 Å². The normalized spacial score (nSPS) is 14.8. The molecule has 0 atom stereocenters. The number of quaternary nitrogens is 1. The summed E-state index contributed by atoms with van der Waals surface area (Å²) >= 11 is 5.99. The molecule has 2 heterocycles. The van der Waals surface area contributed by atoms with Crippen LogP contribution in [0.4, 0.5) is 0 Å². The van der Waals surface area contributed by atoms with E-state index in [1.165, 1.54) is 32.4 Å². The highest BCUT2D eigenvalue weighted by atomic mass is 32.1. The fourth-order valence-electron chi connectivity index (χ4n) is 4.62. The van der Waals surface area contributed by atoms with Gasteiger partial charge in [0.05, 0.1) is 18.9 Å². The predicted molar refractivity (Wildman–Crippen MR) is 130 cm³/mol. The Balaban J connectivity index is 1.61. The van der Waals surface area contributed by atoms with E-state index in [-0.39, 0.29) is 0 Å². The monoisotopic (exact) mass is 445 g/mol. The third kappa shape index (κ3) is 4.13. The summed E-state index contributed by atoms with van der Waals surface area (Å²) in [5, 5.41) is 7.57. The fraction of sp³-hybridized carbons (Fsp3) is 0.308. The van der Waals surface area contributed by atoms with Crippen LogP contribution in [0.25, 0.3) is 16.5 Å². The standard InChI is InChI=1S/C26H28N4OS/c1-19-10-11-24(20(2)16-19)30-25(17-22-8-5-7-21-6-3-4-9-23(21)22)27-29(26(30)32)18-28-12-14-31-15-13-28/h3-11,16H,12-15,17-18H2,1-2H3/p+1. The minimum Gasteiger partial charge on any atom is -0.370 e. The Morgan fingerprint density at radius 3 is 2.59 bits per heavy atom. The van der Waals surface area contributed by atoms with Gasteiger partial charge in [-0.15, -0.1) is 0 Å². The molecule has 0 amide bonds. The number of nitrogens with zero attached hydrogens (tertiary/aromatic N) is 3. The number of ether oxygens (including phenoxy) is 1. The maximum absolute atomic E-state index is 5.99. The number of hydrogen-bond donors (Lipinski definition) is 1. The summed E-state index contributed by atoms with van der Waals surface area (Å²) in [5.41, 5.74) is 4.83. The van der Waals surface area contributed by atoms with Gasteiger partial charge in [-0.2, -0.15) is 9.78 Å². The SMILES string of the molecule is Cc1ccc(-n2c(Cc3cccc4ccccc34)nn(C[NH+]3CCOCC3)c2=S)c(C)c1. The Bertz CT molecular complexity index is 1310. The van der Waals surface area contributed by atoms with Crippen molar-refractivity contribution in [1.29, 1.82) is 0 Å². The van der Waals surface area contributed by atoms with Gasteiger partial charge in [-0.3, -0.25) is 4.57 Å². The lowest BCUT2D eigenvalue weighted by Gasteiger charge is -2.23. The molecule has 4 aromatic rings. The van der Waals surface area contributed by atoms with Crippen LogP contribution in [-0.4, -0.2) is 40.7 Å². The van der Waals surface area contributed by atoms with Crippen LogP contribution >= 0.6 is 12.2 Å². The van der Waals surface area contributed by atoms with Crippen molar-refractivity contribution in [3.63, 3.8) is 0 Å². The van der Waals surface area contributed by atoms with Crippen LogP contribution in [0.2, 0.25) is 0 Å². The van der Waals surface area contributed by atoms with Crippen molar-refractivity contribution in [2.75, 3.05) is 26.3 Å². The van der Waals surface area contributed by atoms with Crippen molar-refractivity contribution in [3.8, 4) is 5.69 Å². The Labute approximate surface area is 193 Å². The number of aromatic nitrogens is 3. The molecule has 0 saturated carbocycles. The minimum absolute atomic E-state index is 0.726. The van der Waals surface area contributed by atoms with Gasteiger partial charge in [-0.1, -0.05) is 60.2 Å². The van der Waals surface area contributed by atoms with Crippen molar-refractivity contribution in [2.24, 2.45) is 0 Å². The lowest BCUT2D eigenvalue weighted by atomic mass is 10.0. The van der Waals surface area contributed by atoms with Gasteiger partial charge in [0.25, 0.3) is 0 Å². The van der Waals surface area contributed by atoms with E-state index in [0.29, 0.717) is 0 Å². The third-order valence-corrected chi connectivity index (χ3v) is 6.69. The predicted octanol–water partition coefficient (Wildman–Crippen LogP) is 3.64. The number of aryl methyl sites for hydroxylation is 2. The molecule has 0 radical (unpaired) electrons. The second-order valence-corrected chi connectivity index (χ2v) is 9.02. The van der Waals surface area contributed by atoms with Gasteiger partial charge in [0, 0.05) is 6.42 Å². The van der Waals surface area contributed by atoms with Crippen LogP contribution in [0, 0.1) is 18.6 Å². The van der Waals surface area contributed by atoms with Crippen molar-refractivity contribution in [2.45, 2.75) is 26.9 Å². The number of rotatable bonds is 5. The Hall–Kier alpha value is -2.80. The summed E-state index contributed by atoms with van der Waals surface area (Å²) < 4.78 is 10.5. The van der Waals surface area contributed by atoms with Gasteiger partial charge in [-0.05, 0) is 54.0 Å². The van der Waals surface area contributed by atoms with E-state index in [0.717, 1.165) is 55.7 Å². The van der Waals surface area contributed by atoms with Crippen molar-refractivity contribution >= 4 is 23.0 Å². The van der Waals surface area contributed by atoms with E-state index < -0.39 is 0 Å².